The molecule has 1 heterocycles. The first-order chi connectivity index (χ1) is 31.0. The van der Waals surface area contributed by atoms with E-state index in [4.69, 9.17) is 25.9 Å². The van der Waals surface area contributed by atoms with Crippen LogP contribution in [0, 0.1) is 0 Å². The van der Waals surface area contributed by atoms with Crippen molar-refractivity contribution in [2.24, 2.45) is 0 Å². The highest BCUT2D eigenvalue weighted by atomic mass is 15.0. The summed E-state index contributed by atoms with van der Waals surface area (Å²) >= 11 is 0. The first-order valence-electron chi connectivity index (χ1n) is 22.5. The Morgan fingerprint density at radius 2 is 0.800 bits per heavy atom. The topological polar surface area (TPSA) is 38.7 Å². The molecule has 10 rings (SSSR count). The Kier molecular flexibility index (Phi) is 6.13. The maximum atomic E-state index is 9.30. The van der Waals surface area contributed by atoms with Crippen LogP contribution < -0.4 is 0 Å². The van der Waals surface area contributed by atoms with Crippen molar-refractivity contribution in [2.75, 3.05) is 0 Å². The van der Waals surface area contributed by atoms with Crippen LogP contribution in [0.1, 0.15) is 34.9 Å². The van der Waals surface area contributed by atoms with Crippen LogP contribution in [0.4, 0.5) is 0 Å². The van der Waals surface area contributed by atoms with Crippen LogP contribution in [0.5, 0.6) is 0 Å². The van der Waals surface area contributed by atoms with Crippen LogP contribution >= 0.6 is 0 Å². The molecule has 3 heteroatoms. The number of hydrogen-bond donors (Lipinski definition) is 0. The molecule has 0 saturated carbocycles. The number of hydrogen-bond acceptors (Lipinski definition) is 3. The minimum absolute atomic E-state index is 0.0136. The molecular formula is C52H35N3. The van der Waals surface area contributed by atoms with Crippen LogP contribution in [0.3, 0.4) is 0 Å². The third-order valence-corrected chi connectivity index (χ3v) is 10.1. The molecule has 1 aliphatic carbocycles. The van der Waals surface area contributed by atoms with Crippen molar-refractivity contribution in [3.8, 4) is 78.7 Å². The molecule has 0 saturated heterocycles. The van der Waals surface area contributed by atoms with E-state index >= 15 is 0 Å². The smallest absolute Gasteiger partial charge is 0.164 e. The van der Waals surface area contributed by atoms with Gasteiger partial charge in [-0.15, -0.1) is 0 Å². The summed E-state index contributed by atoms with van der Waals surface area (Å²) in [4.78, 5) is 15.3. The van der Waals surface area contributed by atoms with Crippen molar-refractivity contribution in [1.82, 2.24) is 15.0 Å². The summed E-state index contributed by atoms with van der Waals surface area (Å²) in [5.74, 6) is 0.400. The number of rotatable bonds is 7. The van der Waals surface area contributed by atoms with E-state index in [2.05, 4.69) is 24.3 Å². The molecule has 0 amide bonds. The molecule has 0 bridgehead atoms. The zero-order valence-corrected chi connectivity index (χ0v) is 29.4. The second kappa shape index (κ2) is 14.0. The van der Waals surface area contributed by atoms with Gasteiger partial charge in [0.25, 0.3) is 0 Å². The van der Waals surface area contributed by atoms with E-state index in [-0.39, 0.29) is 41.8 Å². The Morgan fingerprint density at radius 3 is 1.44 bits per heavy atom. The molecule has 0 spiro atoms. The van der Waals surface area contributed by atoms with E-state index in [0.29, 0.717) is 56.4 Å². The van der Waals surface area contributed by atoms with Gasteiger partial charge in [0.2, 0.25) is 0 Å². The lowest BCUT2D eigenvalue weighted by Gasteiger charge is -2.19. The molecule has 1 atom stereocenters. The van der Waals surface area contributed by atoms with Crippen LogP contribution in [-0.2, 0) is 0 Å². The van der Waals surface area contributed by atoms with Crippen molar-refractivity contribution in [3.05, 3.63) is 223 Å². The highest BCUT2D eigenvalue weighted by molar-refractivity contribution is 5.85. The molecule has 258 valence electrons. The standard InChI is InChI=1S/C52H35N3/c1-4-14-35(15-5-1)38-24-28-40(29-25-38)50-53-51(41-30-26-39(27-31-41)36-16-6-2-7-17-36)55-52(54-50)47-23-13-12-22-46(47)49-45-21-11-10-20-43(45)44-33-32-42(34-48(44)49)37-18-8-3-9-19-37/h1-34,49H/i3D,8D,9D,10D,11D,18D,19D,20D,21D. The Bertz CT molecular complexity index is 3180. The lowest BCUT2D eigenvalue weighted by atomic mass is 9.85. The molecule has 1 aromatic heterocycles. The van der Waals surface area contributed by atoms with Crippen molar-refractivity contribution in [3.63, 3.8) is 0 Å². The second-order valence-corrected chi connectivity index (χ2v) is 13.3. The molecule has 1 unspecified atom stereocenters. The summed E-state index contributed by atoms with van der Waals surface area (Å²) in [6, 6.07) is 45.5. The van der Waals surface area contributed by atoms with Crippen LogP contribution in [0.2, 0.25) is 0 Å². The summed E-state index contributed by atoms with van der Waals surface area (Å²) in [7, 11) is 0. The zero-order valence-electron chi connectivity index (χ0n) is 38.4. The van der Waals surface area contributed by atoms with Crippen molar-refractivity contribution < 1.29 is 12.3 Å². The summed E-state index contributed by atoms with van der Waals surface area (Å²) in [5.41, 5.74) is 9.17. The van der Waals surface area contributed by atoms with Gasteiger partial charge >= 0.3 is 0 Å². The summed E-state index contributed by atoms with van der Waals surface area (Å²) < 4.78 is 78.3. The lowest BCUT2D eigenvalue weighted by molar-refractivity contribution is 1.00. The van der Waals surface area contributed by atoms with Gasteiger partial charge in [0.15, 0.2) is 17.5 Å². The Labute approximate surface area is 334 Å². The van der Waals surface area contributed by atoms with Crippen molar-refractivity contribution in [2.45, 2.75) is 5.92 Å². The maximum absolute atomic E-state index is 9.30. The molecule has 3 nitrogen and oxygen atoms in total. The van der Waals surface area contributed by atoms with Gasteiger partial charge in [-0.1, -0.05) is 200 Å². The Morgan fingerprint density at radius 1 is 0.309 bits per heavy atom. The fourth-order valence-electron chi connectivity index (χ4n) is 7.40. The predicted octanol–water partition coefficient (Wildman–Crippen LogP) is 13.0. The SMILES string of the molecule is [2H]c1c([2H])c([2H])c(-c2ccc3c(c2)C(c2ccccc2-c2nc(-c4ccc(-c5ccccc5)cc4)nc(-c4ccc(-c5ccccc5)cc4)n2)c2c([2H])c([2H])c([2H])c([2H])c2-3)c([2H])c1[2H]. The molecule has 0 N–H and O–H groups in total. The third-order valence-electron chi connectivity index (χ3n) is 10.1. The van der Waals surface area contributed by atoms with Gasteiger partial charge in [0, 0.05) is 22.6 Å². The van der Waals surface area contributed by atoms with Crippen LogP contribution in [-0.4, -0.2) is 15.0 Å². The zero-order chi connectivity index (χ0) is 44.4. The van der Waals surface area contributed by atoms with Crippen LogP contribution in [0.15, 0.2) is 206 Å². The molecule has 55 heavy (non-hydrogen) atoms. The summed E-state index contributed by atoms with van der Waals surface area (Å²) in [6.07, 6.45) is 0. The van der Waals surface area contributed by atoms with Gasteiger partial charge < -0.3 is 0 Å². The quantitative estimate of drug-likeness (QED) is 0.165. The molecule has 0 fully saturated rings. The highest BCUT2D eigenvalue weighted by Gasteiger charge is 2.32. The normalized spacial score (nSPS) is 15.2. The van der Waals surface area contributed by atoms with Gasteiger partial charge in [-0.25, -0.2) is 15.0 Å². The highest BCUT2D eigenvalue weighted by Crippen LogP contribution is 2.50. The van der Waals surface area contributed by atoms with Gasteiger partial charge in [-0.05, 0) is 67.3 Å². The fraction of sp³-hybridized carbons (Fsp3) is 0.0192. The number of nitrogens with zero attached hydrogens (tertiary/aromatic N) is 3. The summed E-state index contributed by atoms with van der Waals surface area (Å²) in [5, 5.41) is 0. The second-order valence-electron chi connectivity index (χ2n) is 13.3. The largest absolute Gasteiger partial charge is 0.208 e. The minimum atomic E-state index is -0.800. The Hall–Kier alpha value is -7.23. The van der Waals surface area contributed by atoms with Crippen LogP contribution in [0.25, 0.3) is 78.7 Å². The molecule has 9 aromatic rings. The Balaban J connectivity index is 1.18. The lowest BCUT2D eigenvalue weighted by Crippen LogP contribution is -2.05. The van der Waals surface area contributed by atoms with E-state index in [1.807, 2.05) is 109 Å². The minimum Gasteiger partial charge on any atom is -0.208 e. The number of fused-ring (bicyclic) bond motifs is 3. The van der Waals surface area contributed by atoms with E-state index in [1.165, 1.54) is 0 Å². The first kappa shape index (κ1) is 24.2. The molecular weight excluding hydrogens is 667 g/mol. The number of benzene rings is 8. The van der Waals surface area contributed by atoms with Gasteiger partial charge in [-0.2, -0.15) is 0 Å². The summed E-state index contributed by atoms with van der Waals surface area (Å²) in [6.45, 7) is 0. The average molecular weight is 711 g/mol. The van der Waals surface area contributed by atoms with E-state index in [0.717, 1.165) is 33.4 Å². The predicted molar refractivity (Wildman–Crippen MR) is 225 cm³/mol. The van der Waals surface area contributed by atoms with E-state index in [9.17, 15) is 1.37 Å². The van der Waals surface area contributed by atoms with Gasteiger partial charge in [-0.3, -0.25) is 0 Å². The molecule has 8 aromatic carbocycles. The number of aromatic nitrogens is 3. The van der Waals surface area contributed by atoms with E-state index in [1.54, 1.807) is 18.2 Å². The van der Waals surface area contributed by atoms with Crippen molar-refractivity contribution in [1.29, 1.82) is 0 Å². The fourth-order valence-corrected chi connectivity index (χ4v) is 7.40. The van der Waals surface area contributed by atoms with E-state index < -0.39 is 24.0 Å². The third kappa shape index (κ3) is 6.12. The molecule has 1 aliphatic rings. The molecule has 0 radical (unpaired) electrons. The van der Waals surface area contributed by atoms with Crippen molar-refractivity contribution >= 4 is 0 Å². The van der Waals surface area contributed by atoms with Gasteiger partial charge in [0.05, 0.1) is 12.3 Å². The molecule has 0 aliphatic heterocycles. The monoisotopic (exact) mass is 710 g/mol. The first-order valence-corrected chi connectivity index (χ1v) is 18.0. The average Bonchev–Trinajstić information content (AvgIpc) is 3.69. The van der Waals surface area contributed by atoms with Gasteiger partial charge in [0.1, 0.15) is 0 Å². The maximum Gasteiger partial charge on any atom is 0.164 e.